The number of aliphatic hydroxyl groups excluding tert-OH is 1. The first kappa shape index (κ1) is 60.2. The number of hydrogen-bond donors (Lipinski definition) is 3. The number of hydrazone groups is 3. The fourth-order valence-corrected chi connectivity index (χ4v) is 11.9. The number of carbonyl (C=O) groups excluding carboxylic acids is 6. The molecule has 0 aromatic heterocycles. The van der Waals surface area contributed by atoms with Crippen LogP contribution in [-0.2, 0) is 48.0 Å². The van der Waals surface area contributed by atoms with E-state index in [1.165, 1.54) is 15.0 Å². The second-order valence-electron chi connectivity index (χ2n) is 20.3. The Balaban J connectivity index is 0.000000192. The average Bonchev–Trinajstić information content (AvgIpc) is 4.18. The quantitative estimate of drug-likeness (QED) is 0.271. The number of amides is 6. The van der Waals surface area contributed by atoms with Gasteiger partial charge in [-0.05, 0) is 68.2 Å². The minimum Gasteiger partial charge on any atom is -0.396 e. The molecule has 3 aromatic carbocycles. The van der Waals surface area contributed by atoms with Crippen molar-refractivity contribution in [2.45, 2.75) is 87.5 Å². The Morgan fingerprint density at radius 1 is 0.526 bits per heavy atom. The number of fused-ring (bicyclic) bond motifs is 6. The smallest absolute Gasteiger partial charge is 0.255 e. The molecule has 9 aliphatic heterocycles. The first-order valence-corrected chi connectivity index (χ1v) is 25.0. The summed E-state index contributed by atoms with van der Waals surface area (Å²) >= 11 is 0. The Bertz CT molecular complexity index is 2740. The molecule has 3 N–H and O–H groups in total. The number of benzene rings is 3. The highest BCUT2D eigenvalue weighted by Gasteiger charge is 2.54. The normalized spacial score (nSPS) is 24.6. The van der Waals surface area contributed by atoms with Gasteiger partial charge in [-0.15, -0.1) is 0 Å². The largest absolute Gasteiger partial charge is 0.396 e. The van der Waals surface area contributed by atoms with Crippen LogP contribution in [0.2, 0.25) is 0 Å². The fraction of sp³-hybridized carbons (Fsp3) is 0.526. The van der Waals surface area contributed by atoms with Gasteiger partial charge in [-0.3, -0.25) is 28.8 Å². The van der Waals surface area contributed by atoms with Gasteiger partial charge < -0.3 is 35.3 Å². The van der Waals surface area contributed by atoms with Gasteiger partial charge in [-0.2, -0.15) is 15.3 Å². The van der Waals surface area contributed by atoms with Crippen molar-refractivity contribution >= 4 is 69.6 Å². The van der Waals surface area contributed by atoms with E-state index in [1.807, 2.05) is 96.7 Å². The molecule has 0 aliphatic carbocycles. The average molecular weight is 1050 g/mol. The van der Waals surface area contributed by atoms with Crippen LogP contribution in [0, 0.1) is 16.2 Å². The monoisotopic (exact) mass is 1050 g/mol. The maximum Gasteiger partial charge on any atom is 0.255 e. The second-order valence-corrected chi connectivity index (χ2v) is 20.3. The predicted molar refractivity (Wildman–Crippen MR) is 301 cm³/mol. The number of hydrogen-bond acceptors (Lipinski definition) is 13. The lowest BCUT2D eigenvalue weighted by Crippen LogP contribution is -2.53. The third-order valence-corrected chi connectivity index (χ3v) is 15.6. The van der Waals surface area contributed by atoms with E-state index in [0.29, 0.717) is 71.2 Å². The van der Waals surface area contributed by atoms with E-state index >= 15 is 0 Å². The van der Waals surface area contributed by atoms with Gasteiger partial charge in [0.1, 0.15) is 16.2 Å². The molecule has 3 saturated heterocycles. The Labute approximate surface area is 450 Å². The van der Waals surface area contributed by atoms with Crippen molar-refractivity contribution in [2.75, 3.05) is 109 Å². The zero-order valence-corrected chi connectivity index (χ0v) is 42.0. The Kier molecular flexibility index (Phi) is 19.4. The van der Waals surface area contributed by atoms with E-state index < -0.39 is 16.2 Å². The molecular weight excluding hydrogens is 965 g/mol. The molecule has 0 saturated carbocycles. The molecule has 412 valence electrons. The summed E-state index contributed by atoms with van der Waals surface area (Å²) in [5, 5.41) is 32.7. The Morgan fingerprint density at radius 2 is 0.947 bits per heavy atom. The van der Waals surface area contributed by atoms with Crippen LogP contribution >= 0.6 is 0 Å². The highest BCUT2D eigenvalue weighted by atomic mass is 16.3. The molecule has 3 atom stereocenters. The number of nitrogens with zero attached hydrogens (tertiary/aromatic N) is 10. The van der Waals surface area contributed by atoms with Crippen molar-refractivity contribution in [1.29, 1.82) is 0 Å². The van der Waals surface area contributed by atoms with E-state index in [-0.39, 0.29) is 71.8 Å². The molecule has 0 bridgehead atoms. The minimum absolute atomic E-state index is 0. The third-order valence-electron chi connectivity index (χ3n) is 15.6. The molecule has 0 radical (unpaired) electrons. The van der Waals surface area contributed by atoms with Crippen molar-refractivity contribution in [3.8, 4) is 0 Å². The van der Waals surface area contributed by atoms with Crippen LogP contribution in [0.4, 0.5) is 17.1 Å². The van der Waals surface area contributed by atoms with Crippen molar-refractivity contribution in [2.24, 2.45) is 31.5 Å². The Hall–Kier alpha value is -6.67. The summed E-state index contributed by atoms with van der Waals surface area (Å²) in [5.74, 6) is 0.459. The molecule has 3 unspecified atom stereocenters. The van der Waals surface area contributed by atoms with Gasteiger partial charge in [0.25, 0.3) is 17.7 Å². The topological polar surface area (TPSA) is 206 Å². The summed E-state index contributed by atoms with van der Waals surface area (Å²) in [6.45, 7) is 5.82. The number of nitrogens with one attached hydrogen (secondary N) is 2. The highest BCUT2D eigenvalue weighted by molar-refractivity contribution is 6.15. The van der Waals surface area contributed by atoms with E-state index in [2.05, 4.69) is 35.7 Å². The molecule has 12 rings (SSSR count). The number of likely N-dealkylation sites (tertiary alicyclic amines) is 2. The number of carbonyl (C=O) groups is 6. The molecule has 9 heterocycles. The van der Waals surface area contributed by atoms with Crippen LogP contribution in [-0.4, -0.2) is 177 Å². The van der Waals surface area contributed by atoms with Crippen LogP contribution in [0.3, 0.4) is 0 Å². The van der Waals surface area contributed by atoms with Crippen molar-refractivity contribution in [1.82, 2.24) is 30.1 Å². The van der Waals surface area contributed by atoms with Gasteiger partial charge in [0.2, 0.25) is 17.7 Å². The standard InChI is InChI=1S/C18H22N4O2.C17H20N4O2.C10H17N3O2.C8H7NO.4CH4/c1-20-9-7-15-18(12-20,17(24)21(2)19-15)8-10-22-14-6-4-3-5-13(14)11-16(22)23;1-20-16(23)17(11-18-8-6-14(17)19-20)7-9-21-13-5-3-2-4-12(13)10-15(21)22;1-12-5-3-8-10(7-12,4-6-14)9(15)13(2)11-8;10-8-5-6-3-1-2-4-7(6)9-8;;;;/h3-6H,7-12H2,1-2H3;2-5,18H,6-11H2,1H3;14H,3-7H2,1-2H3;1-4H,5H2,(H,9,10);4*1H4. The summed E-state index contributed by atoms with van der Waals surface area (Å²) < 4.78 is 0. The summed E-state index contributed by atoms with van der Waals surface area (Å²) in [7, 11) is 9.17. The van der Waals surface area contributed by atoms with Crippen LogP contribution in [0.1, 0.15) is 84.9 Å². The fourth-order valence-electron chi connectivity index (χ4n) is 11.9. The maximum atomic E-state index is 12.8. The van der Waals surface area contributed by atoms with Gasteiger partial charge in [-0.25, -0.2) is 15.0 Å². The van der Waals surface area contributed by atoms with E-state index in [1.54, 1.807) is 21.1 Å². The molecule has 3 fully saturated rings. The summed E-state index contributed by atoms with van der Waals surface area (Å²) in [4.78, 5) is 81.0. The van der Waals surface area contributed by atoms with Gasteiger partial charge in [0.15, 0.2) is 0 Å². The maximum absolute atomic E-state index is 12.8. The first-order chi connectivity index (χ1) is 34.6. The summed E-state index contributed by atoms with van der Waals surface area (Å²) in [6.07, 6.45) is 5.61. The van der Waals surface area contributed by atoms with Crippen molar-refractivity contribution in [3.05, 3.63) is 89.5 Å². The SMILES string of the molecule is C.C.C.C.CN1CCC2=NN(C)C(=O)C2(CCN2C(=O)Cc3ccccc32)C1.CN1CCC2=NN(C)C(=O)C2(CCO)C1.CN1N=C2CCNCC2(CCN2C(=O)Cc3ccccc32)C1=O.O=C1Cc2ccccc2N1. The van der Waals surface area contributed by atoms with E-state index in [9.17, 15) is 28.8 Å². The Morgan fingerprint density at radius 3 is 1.43 bits per heavy atom. The number of aliphatic hydroxyl groups is 1. The van der Waals surface area contributed by atoms with Crippen molar-refractivity contribution < 1.29 is 33.9 Å². The third kappa shape index (κ3) is 11.2. The molecule has 6 amide bonds. The lowest BCUT2D eigenvalue weighted by Gasteiger charge is -2.38. The van der Waals surface area contributed by atoms with Crippen LogP contribution in [0.15, 0.2) is 88.1 Å². The zero-order chi connectivity index (χ0) is 51.0. The first-order valence-electron chi connectivity index (χ1n) is 25.0. The van der Waals surface area contributed by atoms with E-state index in [0.717, 1.165) is 89.8 Å². The number of piperidine rings is 3. The van der Waals surface area contributed by atoms with Crippen LogP contribution < -0.4 is 20.4 Å². The highest BCUT2D eigenvalue weighted by Crippen LogP contribution is 2.41. The van der Waals surface area contributed by atoms with Gasteiger partial charge in [0.05, 0.1) is 36.4 Å². The summed E-state index contributed by atoms with van der Waals surface area (Å²) in [5.41, 5.74) is 7.38. The molecule has 19 nitrogen and oxygen atoms in total. The van der Waals surface area contributed by atoms with Crippen molar-refractivity contribution in [3.63, 3.8) is 0 Å². The molecule has 9 aliphatic rings. The second kappa shape index (κ2) is 24.5. The molecule has 19 heteroatoms. The molecular formula is C57H82N12O7. The van der Waals surface area contributed by atoms with Crippen LogP contribution in [0.25, 0.3) is 0 Å². The lowest BCUT2D eigenvalue weighted by atomic mass is 9.75. The molecule has 0 spiro atoms. The molecule has 76 heavy (non-hydrogen) atoms. The van der Waals surface area contributed by atoms with Gasteiger partial charge in [0, 0.05) is 116 Å². The number of anilines is 3. The lowest BCUT2D eigenvalue weighted by molar-refractivity contribution is -0.137. The summed E-state index contributed by atoms with van der Waals surface area (Å²) in [6, 6.07) is 23.5. The zero-order valence-electron chi connectivity index (χ0n) is 42.0. The van der Waals surface area contributed by atoms with Crippen LogP contribution in [0.5, 0.6) is 0 Å². The van der Waals surface area contributed by atoms with Gasteiger partial charge in [-0.1, -0.05) is 84.3 Å². The number of rotatable bonds is 8. The minimum atomic E-state index is -0.579. The predicted octanol–water partition coefficient (Wildman–Crippen LogP) is 5.13. The number of para-hydroxylation sites is 3. The van der Waals surface area contributed by atoms with E-state index in [4.69, 9.17) is 5.11 Å². The molecule has 3 aromatic rings. The van der Waals surface area contributed by atoms with Gasteiger partial charge >= 0.3 is 0 Å².